The summed E-state index contributed by atoms with van der Waals surface area (Å²) in [4.78, 5) is 14.0. The molecule has 110 valence electrons. The molecule has 1 aromatic rings. The van der Waals surface area contributed by atoms with Crippen molar-refractivity contribution in [2.75, 3.05) is 13.1 Å². The van der Waals surface area contributed by atoms with Crippen molar-refractivity contribution in [2.24, 2.45) is 0 Å². The Hall–Kier alpha value is -1.51. The summed E-state index contributed by atoms with van der Waals surface area (Å²) in [6.45, 7) is 3.92. The molecule has 0 radical (unpaired) electrons. The predicted molar refractivity (Wildman–Crippen MR) is 80.8 cm³/mol. The molecule has 1 heterocycles. The smallest absolute Gasteiger partial charge is 0.222 e. The Morgan fingerprint density at radius 3 is 2.90 bits per heavy atom. The molecule has 1 amide bonds. The van der Waals surface area contributed by atoms with Gasteiger partial charge in [-0.25, -0.2) is 0 Å². The summed E-state index contributed by atoms with van der Waals surface area (Å²) < 4.78 is 0. The van der Waals surface area contributed by atoms with E-state index in [4.69, 9.17) is 0 Å². The number of rotatable bonds is 5. The van der Waals surface area contributed by atoms with Crippen molar-refractivity contribution in [2.45, 2.75) is 51.4 Å². The van der Waals surface area contributed by atoms with Gasteiger partial charge in [0.15, 0.2) is 0 Å². The number of carbonyl (C=O) groups is 1. The van der Waals surface area contributed by atoms with E-state index in [0.717, 1.165) is 38.8 Å². The fourth-order valence-corrected chi connectivity index (χ4v) is 2.97. The van der Waals surface area contributed by atoms with E-state index in [0.29, 0.717) is 24.0 Å². The molecule has 1 aromatic carbocycles. The molecule has 3 heteroatoms. The number of phenols is 1. The monoisotopic (exact) mass is 275 g/mol. The quantitative estimate of drug-likeness (QED) is 0.890. The fraction of sp³-hybridized carbons (Fsp3) is 0.588. The minimum absolute atomic E-state index is 0.313. The molecule has 0 saturated carbocycles. The predicted octanol–water partition coefficient (Wildman–Crippen LogP) is 3.68. The maximum atomic E-state index is 12.0. The number of benzene rings is 1. The van der Waals surface area contributed by atoms with Crippen LogP contribution < -0.4 is 0 Å². The van der Waals surface area contributed by atoms with Crippen LogP contribution in [-0.2, 0) is 4.79 Å². The van der Waals surface area contributed by atoms with Crippen molar-refractivity contribution < 1.29 is 9.90 Å². The van der Waals surface area contributed by atoms with Crippen molar-refractivity contribution in [3.05, 3.63) is 29.8 Å². The molecule has 1 fully saturated rings. The Morgan fingerprint density at radius 1 is 1.30 bits per heavy atom. The van der Waals surface area contributed by atoms with Crippen LogP contribution >= 0.6 is 0 Å². The number of likely N-dealkylation sites (tertiary alicyclic amines) is 1. The van der Waals surface area contributed by atoms with Crippen molar-refractivity contribution >= 4 is 5.91 Å². The molecule has 1 aliphatic heterocycles. The van der Waals surface area contributed by atoms with Gasteiger partial charge in [-0.1, -0.05) is 25.5 Å². The zero-order valence-corrected chi connectivity index (χ0v) is 12.3. The number of hydrogen-bond donors (Lipinski definition) is 1. The first-order valence-electron chi connectivity index (χ1n) is 7.77. The van der Waals surface area contributed by atoms with Crippen LogP contribution in [0.1, 0.15) is 56.9 Å². The van der Waals surface area contributed by atoms with Gasteiger partial charge in [-0.2, -0.15) is 0 Å². The normalized spacial score (nSPS) is 17.9. The van der Waals surface area contributed by atoms with Gasteiger partial charge in [0.1, 0.15) is 5.75 Å². The van der Waals surface area contributed by atoms with Crippen LogP contribution in [0.25, 0.3) is 0 Å². The Balaban J connectivity index is 1.94. The Morgan fingerprint density at radius 2 is 2.15 bits per heavy atom. The van der Waals surface area contributed by atoms with Gasteiger partial charge in [0.05, 0.1) is 0 Å². The number of carbonyl (C=O) groups excluding carboxylic acids is 1. The summed E-state index contributed by atoms with van der Waals surface area (Å²) in [6.07, 6.45) is 6.07. The van der Waals surface area contributed by atoms with Gasteiger partial charge in [-0.3, -0.25) is 4.79 Å². The molecule has 0 bridgehead atoms. The summed E-state index contributed by atoms with van der Waals surface area (Å²) in [5.74, 6) is 1.05. The van der Waals surface area contributed by atoms with E-state index in [-0.39, 0.29) is 0 Å². The molecule has 2 rings (SSSR count). The van der Waals surface area contributed by atoms with Crippen LogP contribution in [0.5, 0.6) is 5.75 Å². The molecule has 0 spiro atoms. The van der Waals surface area contributed by atoms with E-state index in [1.165, 1.54) is 12.0 Å². The fourth-order valence-electron chi connectivity index (χ4n) is 2.97. The van der Waals surface area contributed by atoms with E-state index in [2.05, 4.69) is 13.0 Å². The first-order chi connectivity index (χ1) is 9.70. The zero-order chi connectivity index (χ0) is 14.4. The van der Waals surface area contributed by atoms with E-state index in [9.17, 15) is 9.90 Å². The summed E-state index contributed by atoms with van der Waals surface area (Å²) >= 11 is 0. The highest BCUT2D eigenvalue weighted by molar-refractivity contribution is 5.76. The highest BCUT2D eigenvalue weighted by Gasteiger charge is 2.18. The molecule has 20 heavy (non-hydrogen) atoms. The minimum Gasteiger partial charge on any atom is -0.508 e. The molecule has 1 atom stereocenters. The Kier molecular flexibility index (Phi) is 5.45. The number of phenolic OH excluding ortho intramolecular Hbond substituents is 1. The molecular formula is C17H25NO2. The van der Waals surface area contributed by atoms with Crippen LogP contribution in [0.15, 0.2) is 24.3 Å². The third-order valence-corrected chi connectivity index (χ3v) is 4.25. The van der Waals surface area contributed by atoms with E-state index in [1.807, 2.05) is 17.0 Å². The second-order valence-electron chi connectivity index (χ2n) is 5.68. The molecule has 1 N–H and O–H groups in total. The lowest BCUT2D eigenvalue weighted by Gasteiger charge is -2.24. The maximum absolute atomic E-state index is 12.0. The average Bonchev–Trinajstić information content (AvgIpc) is 2.65. The highest BCUT2D eigenvalue weighted by Crippen LogP contribution is 2.26. The SMILES string of the molecule is CCC(CCN1CCCCCC1=O)c1cccc(O)c1. The molecule has 1 unspecified atom stereocenters. The van der Waals surface area contributed by atoms with Crippen LogP contribution in [0.2, 0.25) is 0 Å². The van der Waals surface area contributed by atoms with Gasteiger partial charge in [-0.15, -0.1) is 0 Å². The van der Waals surface area contributed by atoms with Crippen molar-refractivity contribution in [1.29, 1.82) is 0 Å². The van der Waals surface area contributed by atoms with Gasteiger partial charge in [-0.05, 0) is 49.3 Å². The van der Waals surface area contributed by atoms with Crippen molar-refractivity contribution in [3.63, 3.8) is 0 Å². The lowest BCUT2D eigenvalue weighted by atomic mass is 9.93. The zero-order valence-electron chi connectivity index (χ0n) is 12.3. The highest BCUT2D eigenvalue weighted by atomic mass is 16.3. The third-order valence-electron chi connectivity index (χ3n) is 4.25. The van der Waals surface area contributed by atoms with Gasteiger partial charge in [0.2, 0.25) is 5.91 Å². The first-order valence-corrected chi connectivity index (χ1v) is 7.77. The molecular weight excluding hydrogens is 250 g/mol. The van der Waals surface area contributed by atoms with E-state index < -0.39 is 0 Å². The molecule has 0 aliphatic carbocycles. The largest absolute Gasteiger partial charge is 0.508 e. The number of nitrogens with zero attached hydrogens (tertiary/aromatic N) is 1. The molecule has 1 saturated heterocycles. The van der Waals surface area contributed by atoms with Gasteiger partial charge < -0.3 is 10.0 Å². The van der Waals surface area contributed by atoms with Crippen LogP contribution in [0, 0.1) is 0 Å². The van der Waals surface area contributed by atoms with Crippen molar-refractivity contribution in [3.8, 4) is 5.75 Å². The second kappa shape index (κ2) is 7.32. The van der Waals surface area contributed by atoms with Crippen LogP contribution in [-0.4, -0.2) is 29.0 Å². The van der Waals surface area contributed by atoms with Crippen molar-refractivity contribution in [1.82, 2.24) is 4.90 Å². The maximum Gasteiger partial charge on any atom is 0.222 e. The third kappa shape index (κ3) is 3.99. The number of amides is 1. The lowest BCUT2D eigenvalue weighted by molar-refractivity contribution is -0.130. The second-order valence-corrected chi connectivity index (χ2v) is 5.68. The molecule has 3 nitrogen and oxygen atoms in total. The molecule has 0 aromatic heterocycles. The van der Waals surface area contributed by atoms with Crippen LogP contribution in [0.3, 0.4) is 0 Å². The molecule has 1 aliphatic rings. The lowest BCUT2D eigenvalue weighted by Crippen LogP contribution is -2.32. The number of aromatic hydroxyl groups is 1. The Bertz CT molecular complexity index is 444. The summed E-state index contributed by atoms with van der Waals surface area (Å²) in [7, 11) is 0. The van der Waals surface area contributed by atoms with Crippen LogP contribution in [0.4, 0.5) is 0 Å². The number of hydrogen-bond acceptors (Lipinski definition) is 2. The first kappa shape index (κ1) is 14.9. The summed E-state index contributed by atoms with van der Waals surface area (Å²) in [5, 5.41) is 9.59. The average molecular weight is 275 g/mol. The van der Waals surface area contributed by atoms with E-state index in [1.54, 1.807) is 6.07 Å². The topological polar surface area (TPSA) is 40.5 Å². The summed E-state index contributed by atoms with van der Waals surface area (Å²) in [6, 6.07) is 7.51. The van der Waals surface area contributed by atoms with Gasteiger partial charge >= 0.3 is 0 Å². The minimum atomic E-state index is 0.313. The summed E-state index contributed by atoms with van der Waals surface area (Å²) in [5.41, 5.74) is 1.18. The Labute approximate surface area is 121 Å². The van der Waals surface area contributed by atoms with E-state index >= 15 is 0 Å². The standard InChI is InChI=1S/C17H25NO2/c1-2-14(15-7-6-8-16(19)13-15)10-12-18-11-5-3-4-9-17(18)20/h6-8,13-14,19H,2-5,9-12H2,1H3. The van der Waals surface area contributed by atoms with Gasteiger partial charge in [0.25, 0.3) is 0 Å². The van der Waals surface area contributed by atoms with Gasteiger partial charge in [0, 0.05) is 19.5 Å².